The lowest BCUT2D eigenvalue weighted by atomic mass is 10.1. The Morgan fingerprint density at radius 1 is 1.06 bits per heavy atom. The first kappa shape index (κ1) is 12.3. The van der Waals surface area contributed by atoms with Crippen LogP contribution >= 0.6 is 0 Å². The first-order valence-electron chi connectivity index (χ1n) is 5.85. The Morgan fingerprint density at radius 3 is 2.33 bits per heavy atom. The molecule has 1 heterocycles. The molecule has 4 N–H and O–H groups in total. The van der Waals surface area contributed by atoms with Gasteiger partial charge in [-0.05, 0) is 30.7 Å². The Hall–Kier alpha value is -2.14. The Morgan fingerprint density at radius 2 is 1.72 bits per heavy atom. The highest BCUT2D eigenvalue weighted by molar-refractivity contribution is 5.62. The normalized spacial score (nSPS) is 10.3. The maximum atomic E-state index is 9.22. The molecule has 0 spiro atoms. The van der Waals surface area contributed by atoms with Gasteiger partial charge in [0, 0.05) is 24.5 Å². The molecule has 0 aliphatic rings. The van der Waals surface area contributed by atoms with Crippen molar-refractivity contribution < 1.29 is 5.11 Å². The van der Waals surface area contributed by atoms with E-state index in [-0.39, 0.29) is 5.75 Å². The maximum absolute atomic E-state index is 9.22. The largest absolute Gasteiger partial charge is 0.508 e. The molecule has 2 rings (SSSR count). The summed E-state index contributed by atoms with van der Waals surface area (Å²) in [7, 11) is 0. The van der Waals surface area contributed by atoms with Crippen LogP contribution in [-0.2, 0) is 0 Å². The average molecular weight is 244 g/mol. The molecule has 0 saturated heterocycles. The molecule has 0 amide bonds. The van der Waals surface area contributed by atoms with E-state index in [0.29, 0.717) is 12.5 Å². The molecule has 0 aliphatic heterocycles. The highest BCUT2D eigenvalue weighted by Crippen LogP contribution is 2.20. The Bertz CT molecular complexity index is 481. The third-order valence-electron chi connectivity index (χ3n) is 2.52. The van der Waals surface area contributed by atoms with Gasteiger partial charge in [0.2, 0.25) is 5.95 Å². The molecular weight excluding hydrogens is 228 g/mol. The molecule has 0 radical (unpaired) electrons. The Labute approximate surface area is 106 Å². The zero-order valence-corrected chi connectivity index (χ0v) is 10.0. The molecule has 5 heteroatoms. The van der Waals surface area contributed by atoms with Gasteiger partial charge in [-0.1, -0.05) is 12.1 Å². The van der Waals surface area contributed by atoms with E-state index >= 15 is 0 Å². The summed E-state index contributed by atoms with van der Waals surface area (Å²) in [4.78, 5) is 8.45. The van der Waals surface area contributed by atoms with Crippen LogP contribution in [0.3, 0.4) is 0 Å². The number of anilines is 1. The summed E-state index contributed by atoms with van der Waals surface area (Å²) in [6.07, 6.45) is 4.40. The second kappa shape index (κ2) is 5.97. The fourth-order valence-corrected chi connectivity index (χ4v) is 1.52. The van der Waals surface area contributed by atoms with Crippen LogP contribution in [-0.4, -0.2) is 28.2 Å². The Kier molecular flexibility index (Phi) is 4.09. The van der Waals surface area contributed by atoms with Crippen molar-refractivity contribution in [3.8, 4) is 16.9 Å². The fraction of sp³-hybridized carbons (Fsp3) is 0.231. The first-order chi connectivity index (χ1) is 8.79. The SMILES string of the molecule is NCCCNc1ncc(-c2ccc(O)cc2)cn1. The second-order valence-corrected chi connectivity index (χ2v) is 3.91. The minimum atomic E-state index is 0.250. The highest BCUT2D eigenvalue weighted by Gasteiger charge is 2.00. The highest BCUT2D eigenvalue weighted by atomic mass is 16.3. The minimum absolute atomic E-state index is 0.250. The summed E-state index contributed by atoms with van der Waals surface area (Å²) in [5.74, 6) is 0.853. The number of aromatic nitrogens is 2. The molecule has 0 fully saturated rings. The van der Waals surface area contributed by atoms with Crippen LogP contribution in [0.5, 0.6) is 5.75 Å². The maximum Gasteiger partial charge on any atom is 0.222 e. The molecule has 0 bridgehead atoms. The fourth-order valence-electron chi connectivity index (χ4n) is 1.52. The first-order valence-corrected chi connectivity index (χ1v) is 5.85. The number of nitrogens with one attached hydrogen (secondary N) is 1. The van der Waals surface area contributed by atoms with Crippen LogP contribution in [0.15, 0.2) is 36.7 Å². The molecule has 18 heavy (non-hydrogen) atoms. The predicted octanol–water partition coefficient (Wildman–Crippen LogP) is 1.61. The number of benzene rings is 1. The zero-order chi connectivity index (χ0) is 12.8. The molecule has 2 aromatic rings. The summed E-state index contributed by atoms with van der Waals surface area (Å²) < 4.78 is 0. The van der Waals surface area contributed by atoms with Gasteiger partial charge in [-0.3, -0.25) is 0 Å². The Balaban J connectivity index is 2.05. The van der Waals surface area contributed by atoms with Crippen LogP contribution in [0.1, 0.15) is 6.42 Å². The molecule has 5 nitrogen and oxygen atoms in total. The van der Waals surface area contributed by atoms with Crippen LogP contribution in [0.25, 0.3) is 11.1 Å². The number of nitrogens with two attached hydrogens (primary N) is 1. The van der Waals surface area contributed by atoms with Gasteiger partial charge in [0.1, 0.15) is 5.75 Å². The minimum Gasteiger partial charge on any atom is -0.508 e. The number of hydrogen-bond acceptors (Lipinski definition) is 5. The number of aromatic hydroxyl groups is 1. The van der Waals surface area contributed by atoms with E-state index in [1.54, 1.807) is 24.5 Å². The molecule has 94 valence electrons. The third-order valence-corrected chi connectivity index (χ3v) is 2.52. The molecule has 0 unspecified atom stereocenters. The van der Waals surface area contributed by atoms with Crippen molar-refractivity contribution in [2.75, 3.05) is 18.4 Å². The van der Waals surface area contributed by atoms with Gasteiger partial charge < -0.3 is 16.2 Å². The van der Waals surface area contributed by atoms with Gasteiger partial charge in [0.05, 0.1) is 0 Å². The van der Waals surface area contributed by atoms with Gasteiger partial charge in [-0.25, -0.2) is 9.97 Å². The van der Waals surface area contributed by atoms with Crippen LogP contribution in [0.2, 0.25) is 0 Å². The summed E-state index contributed by atoms with van der Waals surface area (Å²) in [6.45, 7) is 1.42. The van der Waals surface area contributed by atoms with E-state index in [0.717, 1.165) is 24.1 Å². The van der Waals surface area contributed by atoms with Crippen molar-refractivity contribution in [3.05, 3.63) is 36.7 Å². The van der Waals surface area contributed by atoms with Crippen molar-refractivity contribution in [2.45, 2.75) is 6.42 Å². The van der Waals surface area contributed by atoms with E-state index in [2.05, 4.69) is 15.3 Å². The number of hydrogen-bond donors (Lipinski definition) is 3. The monoisotopic (exact) mass is 244 g/mol. The van der Waals surface area contributed by atoms with Crippen LogP contribution < -0.4 is 11.1 Å². The number of rotatable bonds is 5. The smallest absolute Gasteiger partial charge is 0.222 e. The summed E-state index contributed by atoms with van der Waals surface area (Å²) in [5, 5.41) is 12.3. The van der Waals surface area contributed by atoms with Crippen molar-refractivity contribution in [1.29, 1.82) is 0 Å². The lowest BCUT2D eigenvalue weighted by molar-refractivity contribution is 0.475. The summed E-state index contributed by atoms with van der Waals surface area (Å²) in [6, 6.07) is 6.94. The molecule has 1 aromatic heterocycles. The summed E-state index contributed by atoms with van der Waals surface area (Å²) >= 11 is 0. The van der Waals surface area contributed by atoms with Gasteiger partial charge in [0.25, 0.3) is 0 Å². The van der Waals surface area contributed by atoms with Gasteiger partial charge in [-0.2, -0.15) is 0 Å². The molecule has 1 aromatic carbocycles. The van der Waals surface area contributed by atoms with Gasteiger partial charge in [-0.15, -0.1) is 0 Å². The lowest BCUT2D eigenvalue weighted by Gasteiger charge is -2.05. The molecule has 0 saturated carbocycles. The van der Waals surface area contributed by atoms with E-state index < -0.39 is 0 Å². The summed E-state index contributed by atoms with van der Waals surface area (Å²) in [5.41, 5.74) is 7.29. The van der Waals surface area contributed by atoms with E-state index in [9.17, 15) is 5.11 Å². The average Bonchev–Trinajstić information content (AvgIpc) is 2.41. The standard InChI is InChI=1S/C13H16N4O/c14-6-1-7-15-13-16-8-11(9-17-13)10-2-4-12(18)5-3-10/h2-5,8-9,18H,1,6-7,14H2,(H,15,16,17). The van der Waals surface area contributed by atoms with Crippen molar-refractivity contribution in [1.82, 2.24) is 9.97 Å². The van der Waals surface area contributed by atoms with Crippen molar-refractivity contribution in [2.24, 2.45) is 5.73 Å². The molecule has 0 atom stereocenters. The topological polar surface area (TPSA) is 84.1 Å². The van der Waals surface area contributed by atoms with E-state index in [1.165, 1.54) is 0 Å². The predicted molar refractivity (Wildman–Crippen MR) is 71.3 cm³/mol. The van der Waals surface area contributed by atoms with E-state index in [4.69, 9.17) is 5.73 Å². The molecular formula is C13H16N4O. The van der Waals surface area contributed by atoms with Crippen LogP contribution in [0, 0.1) is 0 Å². The zero-order valence-electron chi connectivity index (χ0n) is 10.0. The number of phenolic OH excluding ortho intramolecular Hbond substituents is 1. The van der Waals surface area contributed by atoms with Gasteiger partial charge in [0.15, 0.2) is 0 Å². The van der Waals surface area contributed by atoms with Crippen molar-refractivity contribution >= 4 is 5.95 Å². The second-order valence-electron chi connectivity index (χ2n) is 3.91. The number of nitrogens with zero attached hydrogens (tertiary/aromatic N) is 2. The van der Waals surface area contributed by atoms with Gasteiger partial charge >= 0.3 is 0 Å². The third kappa shape index (κ3) is 3.18. The molecule has 0 aliphatic carbocycles. The van der Waals surface area contributed by atoms with Crippen LogP contribution in [0.4, 0.5) is 5.95 Å². The quantitative estimate of drug-likeness (QED) is 0.696. The van der Waals surface area contributed by atoms with Crippen molar-refractivity contribution in [3.63, 3.8) is 0 Å². The lowest BCUT2D eigenvalue weighted by Crippen LogP contribution is -2.10. The van der Waals surface area contributed by atoms with E-state index in [1.807, 2.05) is 12.1 Å². The number of phenols is 1.